The quantitative estimate of drug-likeness (QED) is 0.615. The maximum absolute atomic E-state index is 12.9. The van der Waals surface area contributed by atoms with E-state index in [0.717, 1.165) is 17.5 Å². The van der Waals surface area contributed by atoms with E-state index in [2.05, 4.69) is 26.0 Å². The highest BCUT2D eigenvalue weighted by Crippen LogP contribution is 2.24. The molecule has 0 aromatic heterocycles. The Kier molecular flexibility index (Phi) is 6.18. The normalized spacial score (nSPS) is 15.1. The minimum absolute atomic E-state index is 0.00809. The van der Waals surface area contributed by atoms with E-state index in [1.807, 2.05) is 36.1 Å². The van der Waals surface area contributed by atoms with Crippen molar-refractivity contribution in [3.63, 3.8) is 0 Å². The molecule has 2 N–H and O–H groups in total. The Morgan fingerprint density at radius 2 is 1.71 bits per heavy atom. The molecular weight excluding hydrogens is 348 g/mol. The van der Waals surface area contributed by atoms with Crippen LogP contribution in [0.4, 0.5) is 5.69 Å². The molecule has 1 heterocycles. The summed E-state index contributed by atoms with van der Waals surface area (Å²) in [6.45, 7) is 7.52. The predicted octanol–water partition coefficient (Wildman–Crippen LogP) is 4.51. The standard InChI is InChI=1S/C24H30N2O2/c1-16(2)14-18-5-7-19(8-6-18)23(27)20-10-12-26(13-11-20)24(28)22-15-21(25)9-4-17(22)3/h4-9,15-16,20H,10-14,25H2,1-3H3. The average molecular weight is 379 g/mol. The van der Waals surface area contributed by atoms with Gasteiger partial charge in [-0.3, -0.25) is 9.59 Å². The first kappa shape index (κ1) is 20.1. The third kappa shape index (κ3) is 4.61. The minimum atomic E-state index is -0.0121. The Balaban J connectivity index is 1.61. The molecule has 2 aromatic carbocycles. The zero-order chi connectivity index (χ0) is 20.3. The van der Waals surface area contributed by atoms with Gasteiger partial charge in [0.2, 0.25) is 0 Å². The van der Waals surface area contributed by atoms with Crippen molar-refractivity contribution in [2.45, 2.75) is 40.0 Å². The van der Waals surface area contributed by atoms with Gasteiger partial charge in [-0.05, 0) is 55.4 Å². The number of ketones is 1. The monoisotopic (exact) mass is 378 g/mol. The van der Waals surface area contributed by atoms with E-state index >= 15 is 0 Å². The first-order chi connectivity index (χ1) is 13.3. The number of nitrogens with two attached hydrogens (primary N) is 1. The van der Waals surface area contributed by atoms with Crippen molar-refractivity contribution in [1.82, 2.24) is 4.90 Å². The number of rotatable bonds is 5. The second-order valence-electron chi connectivity index (χ2n) is 8.30. The molecule has 0 radical (unpaired) electrons. The molecule has 3 rings (SSSR count). The highest BCUT2D eigenvalue weighted by molar-refractivity contribution is 5.99. The van der Waals surface area contributed by atoms with Crippen molar-refractivity contribution in [3.05, 3.63) is 64.7 Å². The highest BCUT2D eigenvalue weighted by atomic mass is 16.2. The molecular formula is C24H30N2O2. The second-order valence-corrected chi connectivity index (χ2v) is 8.30. The lowest BCUT2D eigenvalue weighted by Crippen LogP contribution is -2.40. The Hall–Kier alpha value is -2.62. The van der Waals surface area contributed by atoms with E-state index in [4.69, 9.17) is 5.73 Å². The van der Waals surface area contributed by atoms with Crippen molar-refractivity contribution in [2.75, 3.05) is 18.8 Å². The van der Waals surface area contributed by atoms with E-state index in [1.54, 1.807) is 6.07 Å². The van der Waals surface area contributed by atoms with E-state index < -0.39 is 0 Å². The van der Waals surface area contributed by atoms with Crippen LogP contribution < -0.4 is 5.73 Å². The molecule has 0 atom stereocenters. The van der Waals surface area contributed by atoms with Gasteiger partial charge in [0, 0.05) is 35.8 Å². The third-order valence-corrected chi connectivity index (χ3v) is 5.53. The Labute approximate surface area is 167 Å². The Morgan fingerprint density at radius 3 is 2.32 bits per heavy atom. The van der Waals surface area contributed by atoms with Crippen LogP contribution >= 0.6 is 0 Å². The van der Waals surface area contributed by atoms with Gasteiger partial charge in [-0.1, -0.05) is 44.2 Å². The van der Waals surface area contributed by atoms with Gasteiger partial charge in [-0.25, -0.2) is 0 Å². The number of piperidine rings is 1. The van der Waals surface area contributed by atoms with Gasteiger partial charge in [-0.2, -0.15) is 0 Å². The summed E-state index contributed by atoms with van der Waals surface area (Å²) in [5, 5.41) is 0. The van der Waals surface area contributed by atoms with Gasteiger partial charge in [0.1, 0.15) is 0 Å². The summed E-state index contributed by atoms with van der Waals surface area (Å²) in [6.07, 6.45) is 2.44. The zero-order valence-corrected chi connectivity index (χ0v) is 17.1. The lowest BCUT2D eigenvalue weighted by Gasteiger charge is -2.32. The molecule has 4 nitrogen and oxygen atoms in total. The molecule has 1 amide bonds. The lowest BCUT2D eigenvalue weighted by atomic mass is 9.88. The van der Waals surface area contributed by atoms with Crippen molar-refractivity contribution in [1.29, 1.82) is 0 Å². The molecule has 0 aliphatic carbocycles. The summed E-state index contributed by atoms with van der Waals surface area (Å²) in [6, 6.07) is 13.5. The van der Waals surface area contributed by atoms with Crippen LogP contribution in [0.5, 0.6) is 0 Å². The largest absolute Gasteiger partial charge is 0.399 e. The molecule has 2 aromatic rings. The number of carbonyl (C=O) groups is 2. The number of hydrogen-bond donors (Lipinski definition) is 1. The summed E-state index contributed by atoms with van der Waals surface area (Å²) >= 11 is 0. The van der Waals surface area contributed by atoms with Gasteiger partial charge in [0.15, 0.2) is 5.78 Å². The van der Waals surface area contributed by atoms with Gasteiger partial charge in [0.05, 0.1) is 0 Å². The number of amides is 1. The molecule has 1 fully saturated rings. The van der Waals surface area contributed by atoms with E-state index in [0.29, 0.717) is 43.1 Å². The first-order valence-corrected chi connectivity index (χ1v) is 10.1. The lowest BCUT2D eigenvalue weighted by molar-refractivity contribution is 0.0650. The number of carbonyl (C=O) groups excluding carboxylic acids is 2. The van der Waals surface area contributed by atoms with Crippen LogP contribution in [0.3, 0.4) is 0 Å². The van der Waals surface area contributed by atoms with Crippen molar-refractivity contribution in [2.24, 2.45) is 11.8 Å². The van der Waals surface area contributed by atoms with Crippen LogP contribution in [0.25, 0.3) is 0 Å². The fourth-order valence-corrected chi connectivity index (χ4v) is 3.90. The summed E-state index contributed by atoms with van der Waals surface area (Å²) in [5.41, 5.74) is 10.1. The van der Waals surface area contributed by atoms with Crippen LogP contribution in [-0.2, 0) is 6.42 Å². The molecule has 1 saturated heterocycles. The zero-order valence-electron chi connectivity index (χ0n) is 17.1. The fourth-order valence-electron chi connectivity index (χ4n) is 3.90. The van der Waals surface area contributed by atoms with Crippen molar-refractivity contribution < 1.29 is 9.59 Å². The highest BCUT2D eigenvalue weighted by Gasteiger charge is 2.29. The Bertz CT molecular complexity index is 847. The van der Waals surface area contributed by atoms with Crippen LogP contribution in [0.2, 0.25) is 0 Å². The minimum Gasteiger partial charge on any atom is -0.399 e. The number of likely N-dealkylation sites (tertiary alicyclic amines) is 1. The van der Waals surface area contributed by atoms with Gasteiger partial charge in [-0.15, -0.1) is 0 Å². The SMILES string of the molecule is Cc1ccc(N)cc1C(=O)N1CCC(C(=O)c2ccc(CC(C)C)cc2)CC1. The van der Waals surface area contributed by atoms with Crippen LogP contribution in [0, 0.1) is 18.8 Å². The van der Waals surface area contributed by atoms with Gasteiger partial charge in [0.25, 0.3) is 5.91 Å². The molecule has 0 unspecified atom stereocenters. The maximum atomic E-state index is 12.9. The number of anilines is 1. The van der Waals surface area contributed by atoms with Crippen LogP contribution in [0.1, 0.15) is 58.5 Å². The van der Waals surface area contributed by atoms with E-state index in [-0.39, 0.29) is 17.6 Å². The average Bonchev–Trinajstić information content (AvgIpc) is 2.69. The fraction of sp³-hybridized carbons (Fsp3) is 0.417. The van der Waals surface area contributed by atoms with Gasteiger partial charge >= 0.3 is 0 Å². The summed E-state index contributed by atoms with van der Waals surface area (Å²) < 4.78 is 0. The second kappa shape index (κ2) is 8.59. The Morgan fingerprint density at radius 1 is 1.07 bits per heavy atom. The van der Waals surface area contributed by atoms with Crippen molar-refractivity contribution >= 4 is 17.4 Å². The smallest absolute Gasteiger partial charge is 0.254 e. The topological polar surface area (TPSA) is 63.4 Å². The molecule has 28 heavy (non-hydrogen) atoms. The van der Waals surface area contributed by atoms with E-state index in [1.165, 1.54) is 5.56 Å². The molecule has 148 valence electrons. The molecule has 0 saturated carbocycles. The number of Topliss-reactive ketones (excluding diaryl/α,β-unsaturated/α-hetero) is 1. The molecule has 1 aliphatic rings. The van der Waals surface area contributed by atoms with Crippen molar-refractivity contribution in [3.8, 4) is 0 Å². The number of hydrogen-bond acceptors (Lipinski definition) is 3. The number of aryl methyl sites for hydroxylation is 1. The first-order valence-electron chi connectivity index (χ1n) is 10.1. The number of nitrogens with zero attached hydrogens (tertiary/aromatic N) is 1. The molecule has 0 bridgehead atoms. The van der Waals surface area contributed by atoms with Crippen LogP contribution in [-0.4, -0.2) is 29.7 Å². The summed E-state index contributed by atoms with van der Waals surface area (Å²) in [5.74, 6) is 0.797. The molecule has 0 spiro atoms. The third-order valence-electron chi connectivity index (χ3n) is 5.53. The summed E-state index contributed by atoms with van der Waals surface area (Å²) in [7, 11) is 0. The predicted molar refractivity (Wildman–Crippen MR) is 114 cm³/mol. The summed E-state index contributed by atoms with van der Waals surface area (Å²) in [4.78, 5) is 27.5. The van der Waals surface area contributed by atoms with Crippen LogP contribution in [0.15, 0.2) is 42.5 Å². The number of nitrogen functional groups attached to an aromatic ring is 1. The molecule has 4 heteroatoms. The van der Waals surface area contributed by atoms with Gasteiger partial charge < -0.3 is 10.6 Å². The number of benzene rings is 2. The maximum Gasteiger partial charge on any atom is 0.254 e. The molecule has 1 aliphatic heterocycles. The van der Waals surface area contributed by atoms with E-state index in [9.17, 15) is 9.59 Å².